The minimum absolute atomic E-state index is 0.0104. The van der Waals surface area contributed by atoms with Crippen LogP contribution in [0.25, 0.3) is 11.0 Å². The number of aromatic nitrogens is 2. The summed E-state index contributed by atoms with van der Waals surface area (Å²) in [5.74, 6) is -0.176. The third kappa shape index (κ3) is 5.06. The quantitative estimate of drug-likeness (QED) is 0.605. The van der Waals surface area contributed by atoms with Crippen molar-refractivity contribution in [2.75, 3.05) is 26.2 Å². The molecule has 1 saturated heterocycles. The Bertz CT molecular complexity index is 1070. The summed E-state index contributed by atoms with van der Waals surface area (Å²) in [7, 11) is 0. The molecule has 1 aromatic heterocycles. The van der Waals surface area contributed by atoms with Crippen molar-refractivity contribution in [3.63, 3.8) is 0 Å². The molecule has 4 rings (SSSR count). The first kappa shape index (κ1) is 21.3. The van der Waals surface area contributed by atoms with Crippen LogP contribution in [-0.2, 0) is 29.2 Å². The number of morpholine rings is 1. The van der Waals surface area contributed by atoms with Gasteiger partial charge < -0.3 is 10.1 Å². The molecule has 2 aromatic carbocycles. The van der Waals surface area contributed by atoms with Crippen LogP contribution >= 0.6 is 0 Å². The number of nitrogens with one attached hydrogen (secondary N) is 1. The molecular formula is C24H30N4O3. The van der Waals surface area contributed by atoms with Gasteiger partial charge in [-0.3, -0.25) is 18.8 Å². The number of hydrogen-bond acceptors (Lipinski definition) is 4. The third-order valence-corrected chi connectivity index (χ3v) is 5.67. The summed E-state index contributed by atoms with van der Waals surface area (Å²) in [5.41, 5.74) is 2.80. The third-order valence-electron chi connectivity index (χ3n) is 5.67. The Labute approximate surface area is 182 Å². The number of para-hydroxylation sites is 2. The summed E-state index contributed by atoms with van der Waals surface area (Å²) in [6.07, 6.45) is 0.804. The molecular weight excluding hydrogens is 392 g/mol. The second kappa shape index (κ2) is 9.94. The molecule has 1 atom stereocenters. The van der Waals surface area contributed by atoms with Gasteiger partial charge in [0.15, 0.2) is 0 Å². The number of rotatable bonds is 8. The van der Waals surface area contributed by atoms with E-state index in [-0.39, 0.29) is 24.2 Å². The van der Waals surface area contributed by atoms with E-state index in [1.165, 1.54) is 5.56 Å². The van der Waals surface area contributed by atoms with Gasteiger partial charge in [-0.1, -0.05) is 49.4 Å². The van der Waals surface area contributed by atoms with Gasteiger partial charge in [0.1, 0.15) is 6.54 Å². The fourth-order valence-electron chi connectivity index (χ4n) is 4.18. The van der Waals surface area contributed by atoms with Crippen molar-refractivity contribution in [2.45, 2.75) is 39.1 Å². The molecule has 1 aliphatic heterocycles. The summed E-state index contributed by atoms with van der Waals surface area (Å²) in [5, 5.41) is 2.96. The Hall–Kier alpha value is -2.90. The van der Waals surface area contributed by atoms with Crippen LogP contribution in [0.4, 0.5) is 0 Å². The molecule has 0 spiro atoms. The van der Waals surface area contributed by atoms with Gasteiger partial charge in [-0.05, 0) is 24.1 Å². The fraction of sp³-hybridized carbons (Fsp3) is 0.417. The molecule has 0 saturated carbocycles. The van der Waals surface area contributed by atoms with Crippen molar-refractivity contribution in [3.8, 4) is 0 Å². The topological polar surface area (TPSA) is 68.5 Å². The number of nitrogens with zero attached hydrogens (tertiary/aromatic N) is 3. The Morgan fingerprint density at radius 1 is 1.06 bits per heavy atom. The highest BCUT2D eigenvalue weighted by Crippen LogP contribution is 2.13. The number of ether oxygens (including phenoxy) is 1. The molecule has 2 heterocycles. The van der Waals surface area contributed by atoms with Gasteiger partial charge >= 0.3 is 5.69 Å². The lowest BCUT2D eigenvalue weighted by atomic mass is 10.2. The monoisotopic (exact) mass is 422 g/mol. The van der Waals surface area contributed by atoms with Crippen LogP contribution in [0.3, 0.4) is 0 Å². The summed E-state index contributed by atoms with van der Waals surface area (Å²) in [4.78, 5) is 27.8. The predicted octanol–water partition coefficient (Wildman–Crippen LogP) is 2.23. The van der Waals surface area contributed by atoms with Gasteiger partial charge in [-0.25, -0.2) is 4.79 Å². The maximum Gasteiger partial charge on any atom is 0.329 e. The number of aryl methyl sites for hydroxylation is 1. The fourth-order valence-corrected chi connectivity index (χ4v) is 4.18. The molecule has 31 heavy (non-hydrogen) atoms. The molecule has 7 heteroatoms. The largest absolute Gasteiger partial charge is 0.374 e. The van der Waals surface area contributed by atoms with Crippen LogP contribution in [0.5, 0.6) is 0 Å². The molecule has 1 aliphatic rings. The molecule has 1 N–H and O–H groups in total. The number of hydrogen-bond donors (Lipinski definition) is 1. The SMILES string of the molecule is CCCn1c(=O)n(CC(=O)NC[C@H]2CN(Cc3ccccc3)CCO2)c2ccccc21. The molecule has 0 aliphatic carbocycles. The number of amides is 1. The summed E-state index contributed by atoms with van der Waals surface area (Å²) < 4.78 is 9.15. The van der Waals surface area contributed by atoms with Crippen molar-refractivity contribution in [2.24, 2.45) is 0 Å². The molecule has 1 amide bonds. The van der Waals surface area contributed by atoms with Crippen LogP contribution in [0, 0.1) is 0 Å². The zero-order valence-corrected chi connectivity index (χ0v) is 18.0. The average Bonchev–Trinajstić information content (AvgIpc) is 3.05. The minimum Gasteiger partial charge on any atom is -0.374 e. The van der Waals surface area contributed by atoms with Gasteiger partial charge in [0.2, 0.25) is 5.91 Å². The van der Waals surface area contributed by atoms with Crippen molar-refractivity contribution in [1.29, 1.82) is 0 Å². The summed E-state index contributed by atoms with van der Waals surface area (Å²) in [6.45, 7) is 6.30. The van der Waals surface area contributed by atoms with Crippen molar-refractivity contribution >= 4 is 16.9 Å². The van der Waals surface area contributed by atoms with Gasteiger partial charge in [-0.2, -0.15) is 0 Å². The van der Waals surface area contributed by atoms with Crippen molar-refractivity contribution < 1.29 is 9.53 Å². The van der Waals surface area contributed by atoms with E-state index in [1.54, 1.807) is 9.13 Å². The zero-order chi connectivity index (χ0) is 21.6. The van der Waals surface area contributed by atoms with Gasteiger partial charge in [0.05, 0.1) is 23.7 Å². The first-order valence-electron chi connectivity index (χ1n) is 11.0. The second-order valence-electron chi connectivity index (χ2n) is 8.03. The van der Waals surface area contributed by atoms with Crippen LogP contribution in [0.2, 0.25) is 0 Å². The van der Waals surface area contributed by atoms with E-state index in [0.717, 1.165) is 37.1 Å². The Morgan fingerprint density at radius 3 is 2.52 bits per heavy atom. The summed E-state index contributed by atoms with van der Waals surface area (Å²) >= 11 is 0. The Morgan fingerprint density at radius 2 is 1.77 bits per heavy atom. The highest BCUT2D eigenvalue weighted by Gasteiger charge is 2.22. The molecule has 0 bridgehead atoms. The van der Waals surface area contributed by atoms with Crippen LogP contribution in [-0.4, -0.2) is 52.3 Å². The van der Waals surface area contributed by atoms with E-state index in [1.807, 2.05) is 49.4 Å². The standard InChI is InChI=1S/C24H30N4O3/c1-2-12-27-21-10-6-7-11-22(21)28(24(27)30)18-23(29)25-15-20-17-26(13-14-31-20)16-19-8-4-3-5-9-19/h3-11,20H,2,12-18H2,1H3,(H,25,29)/t20-/m0/s1. The van der Waals surface area contributed by atoms with E-state index < -0.39 is 0 Å². The minimum atomic E-state index is -0.176. The highest BCUT2D eigenvalue weighted by atomic mass is 16.5. The maximum absolute atomic E-state index is 12.9. The lowest BCUT2D eigenvalue weighted by molar-refractivity contribution is -0.122. The lowest BCUT2D eigenvalue weighted by Crippen LogP contribution is -2.47. The lowest BCUT2D eigenvalue weighted by Gasteiger charge is -2.33. The van der Waals surface area contributed by atoms with E-state index in [0.29, 0.717) is 19.7 Å². The average molecular weight is 423 g/mol. The predicted molar refractivity (Wildman–Crippen MR) is 121 cm³/mol. The molecule has 0 unspecified atom stereocenters. The van der Waals surface area contributed by atoms with Gasteiger partial charge in [0.25, 0.3) is 0 Å². The first-order valence-corrected chi connectivity index (χ1v) is 11.0. The second-order valence-corrected chi connectivity index (χ2v) is 8.03. The molecule has 3 aromatic rings. The van der Waals surface area contributed by atoms with E-state index >= 15 is 0 Å². The maximum atomic E-state index is 12.9. The Kier molecular flexibility index (Phi) is 6.84. The highest BCUT2D eigenvalue weighted by molar-refractivity contribution is 5.80. The smallest absolute Gasteiger partial charge is 0.329 e. The number of carbonyl (C=O) groups is 1. The number of imidazole rings is 1. The van der Waals surface area contributed by atoms with E-state index in [2.05, 4.69) is 22.3 Å². The number of benzene rings is 2. The van der Waals surface area contributed by atoms with Crippen LogP contribution < -0.4 is 11.0 Å². The zero-order valence-electron chi connectivity index (χ0n) is 18.0. The van der Waals surface area contributed by atoms with Crippen molar-refractivity contribution in [1.82, 2.24) is 19.4 Å². The van der Waals surface area contributed by atoms with Crippen molar-refractivity contribution in [3.05, 3.63) is 70.6 Å². The van der Waals surface area contributed by atoms with Gasteiger partial charge in [0, 0.05) is 32.7 Å². The summed E-state index contributed by atoms with van der Waals surface area (Å²) in [6, 6.07) is 18.0. The van der Waals surface area contributed by atoms with Gasteiger partial charge in [-0.15, -0.1) is 0 Å². The first-order chi connectivity index (χ1) is 15.2. The molecule has 0 radical (unpaired) electrons. The Balaban J connectivity index is 1.35. The van der Waals surface area contributed by atoms with Crippen LogP contribution in [0.1, 0.15) is 18.9 Å². The van der Waals surface area contributed by atoms with E-state index in [9.17, 15) is 9.59 Å². The van der Waals surface area contributed by atoms with E-state index in [4.69, 9.17) is 4.74 Å². The normalized spacial score (nSPS) is 17.1. The number of carbonyl (C=O) groups excluding carboxylic acids is 1. The molecule has 1 fully saturated rings. The molecule has 164 valence electrons. The number of fused-ring (bicyclic) bond motifs is 1. The van der Waals surface area contributed by atoms with Crippen LogP contribution in [0.15, 0.2) is 59.4 Å². The molecule has 7 nitrogen and oxygen atoms in total.